The number of rotatable bonds is 5. The lowest BCUT2D eigenvalue weighted by Gasteiger charge is -2.09. The molecule has 0 aliphatic rings. The Morgan fingerprint density at radius 1 is 1.43 bits per heavy atom. The van der Waals surface area contributed by atoms with E-state index in [0.29, 0.717) is 12.2 Å². The maximum atomic E-state index is 12.1. The number of hydrogen-bond donors (Lipinski definition) is 2. The Morgan fingerprint density at radius 2 is 2.14 bits per heavy atom. The second kappa shape index (κ2) is 6.04. The Balaban J connectivity index is 2.09. The summed E-state index contributed by atoms with van der Waals surface area (Å²) in [6.07, 6.45) is 1.66. The van der Waals surface area contributed by atoms with Crippen LogP contribution in [0.3, 0.4) is 0 Å². The summed E-state index contributed by atoms with van der Waals surface area (Å²) < 4.78 is 3.36. The van der Waals surface area contributed by atoms with Crippen molar-refractivity contribution in [3.63, 3.8) is 0 Å². The highest BCUT2D eigenvalue weighted by molar-refractivity contribution is 5.91. The van der Waals surface area contributed by atoms with Gasteiger partial charge < -0.3 is 11.1 Å². The number of aromatic nitrogens is 5. The van der Waals surface area contributed by atoms with E-state index in [4.69, 9.17) is 5.73 Å². The molecule has 1 amide bonds. The third-order valence-electron chi connectivity index (χ3n) is 3.18. The average molecular weight is 291 g/mol. The molecular formula is C13H21N7O. The fraction of sp³-hybridized carbons (Fsp3) is 0.538. The molecule has 2 heterocycles. The molecule has 0 aliphatic carbocycles. The second-order valence-electron chi connectivity index (χ2n) is 5.24. The van der Waals surface area contributed by atoms with Crippen LogP contribution in [0.2, 0.25) is 0 Å². The first-order valence-electron chi connectivity index (χ1n) is 6.87. The Kier molecular flexibility index (Phi) is 4.37. The monoisotopic (exact) mass is 291 g/mol. The first-order valence-corrected chi connectivity index (χ1v) is 6.87. The number of nitrogens with two attached hydrogens (primary N) is 1. The van der Waals surface area contributed by atoms with Crippen LogP contribution in [-0.2, 0) is 17.9 Å². The molecular weight excluding hydrogens is 270 g/mol. The van der Waals surface area contributed by atoms with Gasteiger partial charge in [0, 0.05) is 12.6 Å². The van der Waals surface area contributed by atoms with Crippen LogP contribution in [0.4, 0.5) is 5.69 Å². The van der Waals surface area contributed by atoms with Crippen LogP contribution in [0.5, 0.6) is 0 Å². The summed E-state index contributed by atoms with van der Waals surface area (Å²) in [5, 5.41) is 15.0. The summed E-state index contributed by atoms with van der Waals surface area (Å²) in [7, 11) is 0. The van der Waals surface area contributed by atoms with E-state index in [1.807, 2.05) is 18.5 Å². The zero-order chi connectivity index (χ0) is 15.6. The van der Waals surface area contributed by atoms with Gasteiger partial charge in [0.2, 0.25) is 5.91 Å². The third-order valence-corrected chi connectivity index (χ3v) is 3.18. The summed E-state index contributed by atoms with van der Waals surface area (Å²) in [5.74, 6) is -0.169. The first kappa shape index (κ1) is 15.2. The first-order chi connectivity index (χ1) is 9.92. The molecule has 2 rings (SSSR count). The quantitative estimate of drug-likeness (QED) is 0.846. The summed E-state index contributed by atoms with van der Waals surface area (Å²) in [5.41, 5.74) is 8.62. The predicted octanol–water partition coefficient (Wildman–Crippen LogP) is 0.770. The SMILES string of the molecule is Cc1nn(C(C)C)c(C)c1NC(=O)Cn1cc(CN)nn1. The maximum Gasteiger partial charge on any atom is 0.246 e. The van der Waals surface area contributed by atoms with Crippen molar-refractivity contribution in [2.24, 2.45) is 5.73 Å². The second-order valence-corrected chi connectivity index (χ2v) is 5.24. The molecule has 0 aliphatic heterocycles. The van der Waals surface area contributed by atoms with Crippen LogP contribution in [-0.4, -0.2) is 30.7 Å². The highest BCUT2D eigenvalue weighted by atomic mass is 16.2. The van der Waals surface area contributed by atoms with Crippen LogP contribution < -0.4 is 11.1 Å². The van der Waals surface area contributed by atoms with E-state index in [0.717, 1.165) is 17.1 Å². The van der Waals surface area contributed by atoms with Crippen LogP contribution in [0.25, 0.3) is 0 Å². The minimum Gasteiger partial charge on any atom is -0.325 e. The lowest BCUT2D eigenvalue weighted by molar-refractivity contribution is -0.116. The number of hydrogen-bond acceptors (Lipinski definition) is 5. The number of nitrogens with zero attached hydrogens (tertiary/aromatic N) is 5. The third kappa shape index (κ3) is 3.27. The van der Waals surface area contributed by atoms with E-state index in [9.17, 15) is 4.79 Å². The van der Waals surface area contributed by atoms with Crippen molar-refractivity contribution in [1.29, 1.82) is 0 Å². The number of aryl methyl sites for hydroxylation is 1. The van der Waals surface area contributed by atoms with Gasteiger partial charge in [-0.2, -0.15) is 5.10 Å². The summed E-state index contributed by atoms with van der Waals surface area (Å²) in [4.78, 5) is 12.1. The zero-order valence-corrected chi connectivity index (χ0v) is 12.8. The fourth-order valence-corrected chi connectivity index (χ4v) is 2.18. The Labute approximate surface area is 123 Å². The van der Waals surface area contributed by atoms with Crippen molar-refractivity contribution >= 4 is 11.6 Å². The van der Waals surface area contributed by atoms with Crippen molar-refractivity contribution in [2.75, 3.05) is 5.32 Å². The minimum absolute atomic E-state index is 0.0960. The smallest absolute Gasteiger partial charge is 0.246 e. The molecule has 8 nitrogen and oxygen atoms in total. The van der Waals surface area contributed by atoms with Gasteiger partial charge >= 0.3 is 0 Å². The van der Waals surface area contributed by atoms with Crippen molar-refractivity contribution in [1.82, 2.24) is 24.8 Å². The van der Waals surface area contributed by atoms with Gasteiger partial charge in [-0.3, -0.25) is 9.48 Å². The summed E-state index contributed by atoms with van der Waals surface area (Å²) >= 11 is 0. The molecule has 2 aromatic rings. The highest BCUT2D eigenvalue weighted by Crippen LogP contribution is 2.22. The molecule has 21 heavy (non-hydrogen) atoms. The number of carbonyl (C=O) groups excluding carboxylic acids is 1. The minimum atomic E-state index is -0.169. The van der Waals surface area contributed by atoms with Crippen molar-refractivity contribution in [2.45, 2.75) is 46.8 Å². The zero-order valence-electron chi connectivity index (χ0n) is 12.8. The maximum absolute atomic E-state index is 12.1. The topological polar surface area (TPSA) is 104 Å². The van der Waals surface area contributed by atoms with Gasteiger partial charge in [-0.1, -0.05) is 5.21 Å². The van der Waals surface area contributed by atoms with Crippen LogP contribution in [0, 0.1) is 13.8 Å². The predicted molar refractivity (Wildman–Crippen MR) is 78.6 cm³/mol. The standard InChI is InChI=1S/C13H21N7O/c1-8(2)20-10(4)13(9(3)17-20)15-12(21)7-19-6-11(5-14)16-18-19/h6,8H,5,7,14H2,1-4H3,(H,15,21). The van der Waals surface area contributed by atoms with Gasteiger partial charge in [-0.15, -0.1) is 5.10 Å². The Hall–Kier alpha value is -2.22. The summed E-state index contributed by atoms with van der Waals surface area (Å²) in [6, 6.07) is 0.247. The lowest BCUT2D eigenvalue weighted by Crippen LogP contribution is -2.20. The van der Waals surface area contributed by atoms with E-state index in [1.165, 1.54) is 4.68 Å². The lowest BCUT2D eigenvalue weighted by atomic mass is 10.3. The van der Waals surface area contributed by atoms with Gasteiger partial charge in [-0.05, 0) is 27.7 Å². The van der Waals surface area contributed by atoms with Crippen LogP contribution in [0.1, 0.15) is 37.0 Å². The van der Waals surface area contributed by atoms with Crippen molar-refractivity contribution in [3.05, 3.63) is 23.3 Å². The number of nitrogens with one attached hydrogen (secondary N) is 1. The van der Waals surface area contributed by atoms with Gasteiger partial charge in [0.05, 0.1) is 29.0 Å². The summed E-state index contributed by atoms with van der Waals surface area (Å²) in [6.45, 7) is 8.32. The molecule has 0 saturated carbocycles. The van der Waals surface area contributed by atoms with Crippen molar-refractivity contribution in [3.8, 4) is 0 Å². The molecule has 0 fully saturated rings. The van der Waals surface area contributed by atoms with E-state index in [1.54, 1.807) is 6.20 Å². The number of amides is 1. The molecule has 0 unspecified atom stereocenters. The molecule has 0 atom stereocenters. The van der Waals surface area contributed by atoms with E-state index in [-0.39, 0.29) is 18.5 Å². The van der Waals surface area contributed by atoms with Crippen LogP contribution >= 0.6 is 0 Å². The van der Waals surface area contributed by atoms with Gasteiger partial charge in [0.1, 0.15) is 6.54 Å². The molecule has 0 aromatic carbocycles. The normalized spacial score (nSPS) is 11.1. The van der Waals surface area contributed by atoms with E-state index >= 15 is 0 Å². The Bertz CT molecular complexity index is 641. The van der Waals surface area contributed by atoms with Crippen LogP contribution in [0.15, 0.2) is 6.20 Å². The van der Waals surface area contributed by atoms with Gasteiger partial charge in [-0.25, -0.2) is 4.68 Å². The highest BCUT2D eigenvalue weighted by Gasteiger charge is 2.16. The van der Waals surface area contributed by atoms with Gasteiger partial charge in [0.25, 0.3) is 0 Å². The fourth-order valence-electron chi connectivity index (χ4n) is 2.18. The average Bonchev–Trinajstić information content (AvgIpc) is 2.98. The molecule has 2 aromatic heterocycles. The van der Waals surface area contributed by atoms with Crippen molar-refractivity contribution < 1.29 is 4.79 Å². The molecule has 8 heteroatoms. The molecule has 0 saturated heterocycles. The number of carbonyl (C=O) groups is 1. The largest absolute Gasteiger partial charge is 0.325 e. The molecule has 0 radical (unpaired) electrons. The molecule has 0 spiro atoms. The van der Waals surface area contributed by atoms with Gasteiger partial charge in [0.15, 0.2) is 0 Å². The Morgan fingerprint density at radius 3 is 2.67 bits per heavy atom. The molecule has 3 N–H and O–H groups in total. The van der Waals surface area contributed by atoms with E-state index < -0.39 is 0 Å². The molecule has 114 valence electrons. The number of anilines is 1. The molecule has 0 bridgehead atoms. The van der Waals surface area contributed by atoms with E-state index in [2.05, 4.69) is 34.6 Å².